The fourth-order valence-electron chi connectivity index (χ4n) is 1.94. The largest absolute Gasteiger partial charge is 0.497 e. The number of ether oxygens (including phenoxy) is 2. The second-order valence-electron chi connectivity index (χ2n) is 4.97. The molecule has 0 radical (unpaired) electrons. The van der Waals surface area contributed by atoms with Crippen LogP contribution in [0.2, 0.25) is 0 Å². The first-order valence-electron chi connectivity index (χ1n) is 6.47. The maximum atomic E-state index is 5.26. The standard InChI is InChI=1S/C15H25NO2/c1-11(2)15(10-17-4)16-12(3)13-7-6-8-14(9-13)18-5/h6-9,11-12,15-16H,10H2,1-5H3/t12-,15?/m0/s1. The molecule has 0 aliphatic carbocycles. The highest BCUT2D eigenvalue weighted by Crippen LogP contribution is 2.20. The lowest BCUT2D eigenvalue weighted by molar-refractivity contribution is 0.141. The molecule has 0 bridgehead atoms. The summed E-state index contributed by atoms with van der Waals surface area (Å²) < 4.78 is 10.5. The molecular weight excluding hydrogens is 226 g/mol. The van der Waals surface area contributed by atoms with Gasteiger partial charge >= 0.3 is 0 Å². The van der Waals surface area contributed by atoms with Crippen LogP contribution < -0.4 is 10.1 Å². The predicted octanol–water partition coefficient (Wildman–Crippen LogP) is 3.02. The lowest BCUT2D eigenvalue weighted by Gasteiger charge is -2.26. The second-order valence-corrected chi connectivity index (χ2v) is 4.97. The summed E-state index contributed by atoms with van der Waals surface area (Å²) in [7, 11) is 3.44. The summed E-state index contributed by atoms with van der Waals surface area (Å²) in [4.78, 5) is 0. The minimum atomic E-state index is 0.280. The van der Waals surface area contributed by atoms with Crippen LogP contribution in [0.4, 0.5) is 0 Å². The van der Waals surface area contributed by atoms with E-state index in [0.717, 1.165) is 12.4 Å². The molecule has 1 unspecified atom stereocenters. The molecular formula is C15H25NO2. The molecule has 2 atom stereocenters. The van der Waals surface area contributed by atoms with Gasteiger partial charge < -0.3 is 14.8 Å². The zero-order valence-electron chi connectivity index (χ0n) is 12.1. The van der Waals surface area contributed by atoms with Crippen molar-refractivity contribution >= 4 is 0 Å². The minimum Gasteiger partial charge on any atom is -0.497 e. The van der Waals surface area contributed by atoms with Crippen molar-refractivity contribution in [3.63, 3.8) is 0 Å². The van der Waals surface area contributed by atoms with E-state index in [0.29, 0.717) is 12.0 Å². The Morgan fingerprint density at radius 1 is 1.17 bits per heavy atom. The van der Waals surface area contributed by atoms with Crippen molar-refractivity contribution in [3.05, 3.63) is 29.8 Å². The van der Waals surface area contributed by atoms with Gasteiger partial charge in [0.1, 0.15) is 5.75 Å². The van der Waals surface area contributed by atoms with E-state index in [-0.39, 0.29) is 6.04 Å². The summed E-state index contributed by atoms with van der Waals surface area (Å²) in [5.41, 5.74) is 1.23. The van der Waals surface area contributed by atoms with Crippen molar-refractivity contribution in [2.24, 2.45) is 5.92 Å². The van der Waals surface area contributed by atoms with Crippen LogP contribution in [0, 0.1) is 5.92 Å². The van der Waals surface area contributed by atoms with E-state index in [1.807, 2.05) is 12.1 Å². The van der Waals surface area contributed by atoms with Crippen molar-refractivity contribution < 1.29 is 9.47 Å². The van der Waals surface area contributed by atoms with Crippen LogP contribution in [0.5, 0.6) is 5.75 Å². The van der Waals surface area contributed by atoms with E-state index in [2.05, 4.69) is 38.2 Å². The lowest BCUT2D eigenvalue weighted by Crippen LogP contribution is -2.39. The van der Waals surface area contributed by atoms with Crippen LogP contribution in [-0.2, 0) is 4.74 Å². The number of rotatable bonds is 7. The Morgan fingerprint density at radius 3 is 2.44 bits per heavy atom. The van der Waals surface area contributed by atoms with Crippen molar-refractivity contribution in [3.8, 4) is 5.75 Å². The van der Waals surface area contributed by atoms with Gasteiger partial charge in [-0.15, -0.1) is 0 Å². The van der Waals surface area contributed by atoms with Gasteiger partial charge in [-0.2, -0.15) is 0 Å². The molecule has 0 saturated carbocycles. The molecule has 1 rings (SSSR count). The third-order valence-corrected chi connectivity index (χ3v) is 3.21. The Bertz CT molecular complexity index is 352. The van der Waals surface area contributed by atoms with Gasteiger partial charge in [0.2, 0.25) is 0 Å². The molecule has 102 valence electrons. The van der Waals surface area contributed by atoms with E-state index in [1.165, 1.54) is 5.56 Å². The third-order valence-electron chi connectivity index (χ3n) is 3.21. The molecule has 0 aromatic heterocycles. The smallest absolute Gasteiger partial charge is 0.119 e. The Balaban J connectivity index is 2.70. The summed E-state index contributed by atoms with van der Waals surface area (Å²) >= 11 is 0. The number of hydrogen-bond acceptors (Lipinski definition) is 3. The molecule has 0 amide bonds. The van der Waals surface area contributed by atoms with E-state index < -0.39 is 0 Å². The minimum absolute atomic E-state index is 0.280. The number of methoxy groups -OCH3 is 2. The van der Waals surface area contributed by atoms with Crippen molar-refractivity contribution in [1.82, 2.24) is 5.32 Å². The molecule has 1 aromatic rings. The van der Waals surface area contributed by atoms with E-state index in [4.69, 9.17) is 9.47 Å². The van der Waals surface area contributed by atoms with E-state index >= 15 is 0 Å². The summed E-state index contributed by atoms with van der Waals surface area (Å²) in [5.74, 6) is 1.44. The maximum absolute atomic E-state index is 5.26. The van der Waals surface area contributed by atoms with Gasteiger partial charge in [0.25, 0.3) is 0 Å². The first-order chi connectivity index (χ1) is 8.58. The van der Waals surface area contributed by atoms with Crippen molar-refractivity contribution in [2.45, 2.75) is 32.9 Å². The number of hydrogen-bond donors (Lipinski definition) is 1. The third kappa shape index (κ3) is 4.31. The molecule has 3 heteroatoms. The van der Waals surface area contributed by atoms with Gasteiger partial charge in [-0.1, -0.05) is 26.0 Å². The first kappa shape index (κ1) is 15.0. The van der Waals surface area contributed by atoms with Crippen molar-refractivity contribution in [2.75, 3.05) is 20.8 Å². The second kappa shape index (κ2) is 7.39. The van der Waals surface area contributed by atoms with Crippen LogP contribution in [-0.4, -0.2) is 26.9 Å². The Morgan fingerprint density at radius 2 is 1.89 bits per heavy atom. The molecule has 1 N–H and O–H groups in total. The van der Waals surface area contributed by atoms with Crippen LogP contribution in [0.1, 0.15) is 32.4 Å². The quantitative estimate of drug-likeness (QED) is 0.808. The molecule has 18 heavy (non-hydrogen) atoms. The van der Waals surface area contributed by atoms with Crippen LogP contribution in [0.3, 0.4) is 0 Å². The number of nitrogens with one attached hydrogen (secondary N) is 1. The molecule has 0 aliphatic rings. The fraction of sp³-hybridized carbons (Fsp3) is 0.600. The molecule has 0 spiro atoms. The summed E-state index contributed by atoms with van der Waals surface area (Å²) in [6.45, 7) is 7.30. The summed E-state index contributed by atoms with van der Waals surface area (Å²) in [5, 5.41) is 3.60. The topological polar surface area (TPSA) is 30.5 Å². The first-order valence-corrected chi connectivity index (χ1v) is 6.47. The van der Waals surface area contributed by atoms with Gasteiger partial charge in [0.15, 0.2) is 0 Å². The van der Waals surface area contributed by atoms with Gasteiger partial charge in [-0.3, -0.25) is 0 Å². The highest BCUT2D eigenvalue weighted by Gasteiger charge is 2.16. The number of benzene rings is 1. The predicted molar refractivity (Wildman–Crippen MR) is 75.0 cm³/mol. The van der Waals surface area contributed by atoms with Gasteiger partial charge in [0.05, 0.1) is 13.7 Å². The molecule has 0 saturated heterocycles. The average Bonchev–Trinajstić information content (AvgIpc) is 2.38. The summed E-state index contributed by atoms with van der Waals surface area (Å²) in [6, 6.07) is 8.81. The Kier molecular flexibility index (Phi) is 6.16. The average molecular weight is 251 g/mol. The maximum Gasteiger partial charge on any atom is 0.119 e. The van der Waals surface area contributed by atoms with Crippen LogP contribution in [0.15, 0.2) is 24.3 Å². The van der Waals surface area contributed by atoms with Crippen molar-refractivity contribution in [1.29, 1.82) is 0 Å². The molecule has 0 aliphatic heterocycles. The fourth-order valence-corrected chi connectivity index (χ4v) is 1.94. The Labute approximate surface area is 110 Å². The Hall–Kier alpha value is -1.06. The zero-order chi connectivity index (χ0) is 13.5. The summed E-state index contributed by atoms with van der Waals surface area (Å²) in [6.07, 6.45) is 0. The SMILES string of the molecule is COCC(N[C@@H](C)c1cccc(OC)c1)C(C)C. The van der Waals surface area contributed by atoms with Crippen LogP contribution >= 0.6 is 0 Å². The monoisotopic (exact) mass is 251 g/mol. The molecule has 0 heterocycles. The molecule has 0 fully saturated rings. The zero-order valence-corrected chi connectivity index (χ0v) is 12.1. The van der Waals surface area contributed by atoms with Crippen LogP contribution in [0.25, 0.3) is 0 Å². The molecule has 1 aromatic carbocycles. The van der Waals surface area contributed by atoms with Gasteiger partial charge in [-0.05, 0) is 30.5 Å². The molecule has 3 nitrogen and oxygen atoms in total. The highest BCUT2D eigenvalue weighted by atomic mass is 16.5. The van der Waals surface area contributed by atoms with E-state index in [9.17, 15) is 0 Å². The lowest BCUT2D eigenvalue weighted by atomic mass is 10.0. The normalized spacial score (nSPS) is 14.6. The van der Waals surface area contributed by atoms with Gasteiger partial charge in [0, 0.05) is 19.2 Å². The highest BCUT2D eigenvalue weighted by molar-refractivity contribution is 5.30. The van der Waals surface area contributed by atoms with E-state index in [1.54, 1.807) is 14.2 Å². The van der Waals surface area contributed by atoms with Gasteiger partial charge in [-0.25, -0.2) is 0 Å².